The molecule has 0 saturated carbocycles. The Hall–Kier alpha value is -1.69. The van der Waals surface area contributed by atoms with Crippen LogP contribution in [0, 0.1) is 10.1 Å². The largest absolute Gasteiger partial charge is 0.469 e. The fraction of sp³-hybridized carbons (Fsp3) is 0.737. The molecule has 0 spiro atoms. The molecule has 0 saturated heterocycles. The molecule has 0 aromatic heterocycles. The van der Waals surface area contributed by atoms with Crippen molar-refractivity contribution >= 4 is 5.97 Å². The summed E-state index contributed by atoms with van der Waals surface area (Å²) >= 11 is 0. The Morgan fingerprint density at radius 2 is 1.68 bits per heavy atom. The summed E-state index contributed by atoms with van der Waals surface area (Å²) < 4.78 is 4.56. The summed E-state index contributed by atoms with van der Waals surface area (Å²) in [6.07, 6.45) is 14.1. The van der Waals surface area contributed by atoms with E-state index in [1.807, 2.05) is 18.2 Å². The standard InChI is InChI=1S/C19H33NO5/c1-3-4-5-6-8-11-14-17(20(23)24)18(21)15-12-9-7-10-13-16-19(22)25-2/h8-9,11-12,17-18,21H,3-7,10,13-16H2,1-2H3. The van der Waals surface area contributed by atoms with Gasteiger partial charge in [-0.15, -0.1) is 0 Å². The zero-order valence-corrected chi connectivity index (χ0v) is 15.6. The van der Waals surface area contributed by atoms with Crippen molar-refractivity contribution in [3.63, 3.8) is 0 Å². The lowest BCUT2D eigenvalue weighted by Crippen LogP contribution is -2.32. The van der Waals surface area contributed by atoms with Crippen molar-refractivity contribution in [3.05, 3.63) is 34.4 Å². The van der Waals surface area contributed by atoms with Gasteiger partial charge in [0.05, 0.1) is 7.11 Å². The lowest BCUT2D eigenvalue weighted by Gasteiger charge is -2.12. The number of hydrogen-bond acceptors (Lipinski definition) is 5. The number of unbranched alkanes of at least 4 members (excludes halogenated alkanes) is 5. The van der Waals surface area contributed by atoms with Crippen molar-refractivity contribution in [2.75, 3.05) is 7.11 Å². The van der Waals surface area contributed by atoms with Crippen molar-refractivity contribution in [2.24, 2.45) is 0 Å². The number of esters is 1. The molecule has 0 rings (SSSR count). The highest BCUT2D eigenvalue weighted by Crippen LogP contribution is 2.11. The van der Waals surface area contributed by atoms with Crippen LogP contribution in [-0.2, 0) is 9.53 Å². The van der Waals surface area contributed by atoms with Gasteiger partial charge in [0, 0.05) is 17.8 Å². The van der Waals surface area contributed by atoms with Crippen molar-refractivity contribution in [1.29, 1.82) is 0 Å². The Labute approximate surface area is 151 Å². The van der Waals surface area contributed by atoms with Gasteiger partial charge in [-0.2, -0.15) is 0 Å². The summed E-state index contributed by atoms with van der Waals surface area (Å²) in [7, 11) is 1.37. The molecular weight excluding hydrogens is 322 g/mol. The van der Waals surface area contributed by atoms with Crippen LogP contribution in [0.1, 0.15) is 71.1 Å². The second kappa shape index (κ2) is 15.8. The van der Waals surface area contributed by atoms with E-state index in [9.17, 15) is 20.0 Å². The summed E-state index contributed by atoms with van der Waals surface area (Å²) in [5, 5.41) is 21.2. The number of carbonyl (C=O) groups excluding carboxylic acids is 1. The zero-order chi connectivity index (χ0) is 18.9. The molecule has 0 amide bonds. The summed E-state index contributed by atoms with van der Waals surface area (Å²) in [6.45, 7) is 2.13. The van der Waals surface area contributed by atoms with E-state index in [0.717, 1.165) is 44.9 Å². The molecule has 0 aliphatic rings. The topological polar surface area (TPSA) is 89.7 Å². The number of carbonyl (C=O) groups is 1. The molecule has 0 bridgehead atoms. The summed E-state index contributed by atoms with van der Waals surface area (Å²) in [5.41, 5.74) is 0. The number of rotatable bonds is 15. The molecule has 6 nitrogen and oxygen atoms in total. The minimum absolute atomic E-state index is 0.212. The maximum absolute atomic E-state index is 11.1. The van der Waals surface area contributed by atoms with Gasteiger partial charge in [0.2, 0.25) is 6.04 Å². The molecule has 0 aromatic rings. The third kappa shape index (κ3) is 13.3. The molecule has 0 radical (unpaired) electrons. The van der Waals surface area contributed by atoms with Crippen LogP contribution in [0.3, 0.4) is 0 Å². The van der Waals surface area contributed by atoms with E-state index in [2.05, 4.69) is 11.7 Å². The molecule has 0 aromatic carbocycles. The minimum Gasteiger partial charge on any atom is -0.469 e. The van der Waals surface area contributed by atoms with Gasteiger partial charge in [-0.3, -0.25) is 14.9 Å². The fourth-order valence-electron chi connectivity index (χ4n) is 2.39. The summed E-state index contributed by atoms with van der Waals surface area (Å²) in [4.78, 5) is 21.7. The molecule has 25 heavy (non-hydrogen) atoms. The summed E-state index contributed by atoms with van der Waals surface area (Å²) in [6, 6.07) is -0.966. The molecule has 0 aliphatic carbocycles. The van der Waals surface area contributed by atoms with Gasteiger partial charge >= 0.3 is 5.97 Å². The van der Waals surface area contributed by atoms with E-state index in [1.165, 1.54) is 7.11 Å². The number of nitro groups is 1. The summed E-state index contributed by atoms with van der Waals surface area (Å²) in [5.74, 6) is -0.212. The van der Waals surface area contributed by atoms with E-state index < -0.39 is 17.1 Å². The van der Waals surface area contributed by atoms with Crippen LogP contribution in [0.2, 0.25) is 0 Å². The van der Waals surface area contributed by atoms with E-state index >= 15 is 0 Å². The number of methoxy groups -OCH3 is 1. The molecule has 6 heteroatoms. The van der Waals surface area contributed by atoms with E-state index in [4.69, 9.17) is 0 Å². The third-order valence-corrected chi connectivity index (χ3v) is 4.01. The van der Waals surface area contributed by atoms with Gasteiger partial charge in [0.15, 0.2) is 0 Å². The first kappa shape index (κ1) is 23.3. The highest BCUT2D eigenvalue weighted by molar-refractivity contribution is 5.68. The maximum atomic E-state index is 11.1. The van der Waals surface area contributed by atoms with Crippen LogP contribution >= 0.6 is 0 Å². The fourth-order valence-corrected chi connectivity index (χ4v) is 2.39. The van der Waals surface area contributed by atoms with E-state index in [0.29, 0.717) is 6.42 Å². The van der Waals surface area contributed by atoms with Crippen LogP contribution in [0.25, 0.3) is 0 Å². The van der Waals surface area contributed by atoms with Crippen LogP contribution in [-0.4, -0.2) is 35.3 Å². The van der Waals surface area contributed by atoms with Crippen molar-refractivity contribution in [1.82, 2.24) is 0 Å². The maximum Gasteiger partial charge on any atom is 0.305 e. The number of ether oxygens (including phenoxy) is 1. The van der Waals surface area contributed by atoms with Gasteiger partial charge < -0.3 is 9.84 Å². The van der Waals surface area contributed by atoms with Crippen molar-refractivity contribution in [3.8, 4) is 0 Å². The lowest BCUT2D eigenvalue weighted by atomic mass is 10.0. The van der Waals surface area contributed by atoms with Crippen LogP contribution in [0.5, 0.6) is 0 Å². The van der Waals surface area contributed by atoms with Gasteiger partial charge in [0.1, 0.15) is 6.10 Å². The highest BCUT2D eigenvalue weighted by atomic mass is 16.6. The van der Waals surface area contributed by atoms with Crippen LogP contribution in [0.4, 0.5) is 0 Å². The molecule has 0 fully saturated rings. The van der Waals surface area contributed by atoms with E-state index in [-0.39, 0.29) is 18.8 Å². The Morgan fingerprint density at radius 3 is 2.24 bits per heavy atom. The van der Waals surface area contributed by atoms with Gasteiger partial charge in [0.25, 0.3) is 0 Å². The SMILES string of the molecule is CCCCCC=CCC(C(O)CC=CCCCCC(=O)OC)[N+](=O)[O-]. The average Bonchev–Trinajstić information content (AvgIpc) is 2.59. The van der Waals surface area contributed by atoms with Crippen molar-refractivity contribution in [2.45, 2.75) is 83.3 Å². The Kier molecular flexibility index (Phi) is 14.7. The number of allylic oxidation sites excluding steroid dienone is 2. The monoisotopic (exact) mass is 355 g/mol. The van der Waals surface area contributed by atoms with Gasteiger partial charge in [-0.05, 0) is 38.5 Å². The lowest BCUT2D eigenvalue weighted by molar-refractivity contribution is -0.533. The Bertz CT molecular complexity index is 420. The Morgan fingerprint density at radius 1 is 1.08 bits per heavy atom. The van der Waals surface area contributed by atoms with Gasteiger partial charge in [-0.25, -0.2) is 0 Å². The number of hydrogen-bond donors (Lipinski definition) is 1. The quantitative estimate of drug-likeness (QED) is 0.156. The molecule has 0 aliphatic heterocycles. The second-order valence-electron chi connectivity index (χ2n) is 6.15. The first-order valence-electron chi connectivity index (χ1n) is 9.21. The second-order valence-corrected chi connectivity index (χ2v) is 6.15. The molecule has 2 atom stereocenters. The smallest absolute Gasteiger partial charge is 0.305 e. The number of aliphatic hydroxyl groups is 1. The van der Waals surface area contributed by atoms with Crippen LogP contribution < -0.4 is 0 Å². The predicted octanol–water partition coefficient (Wildman–Crippen LogP) is 4.20. The van der Waals surface area contributed by atoms with Crippen molar-refractivity contribution < 1.29 is 19.6 Å². The normalized spacial score (nSPS) is 14.0. The zero-order valence-electron chi connectivity index (χ0n) is 15.6. The number of aliphatic hydroxyl groups excluding tert-OH is 1. The van der Waals surface area contributed by atoms with Crippen LogP contribution in [0.15, 0.2) is 24.3 Å². The third-order valence-electron chi connectivity index (χ3n) is 4.01. The molecular formula is C19H33NO5. The van der Waals surface area contributed by atoms with E-state index in [1.54, 1.807) is 6.08 Å². The number of nitrogens with zero attached hydrogens (tertiary/aromatic N) is 1. The molecule has 2 unspecified atom stereocenters. The highest BCUT2D eigenvalue weighted by Gasteiger charge is 2.27. The molecule has 144 valence electrons. The van der Waals surface area contributed by atoms with Gasteiger partial charge in [-0.1, -0.05) is 44.1 Å². The first-order chi connectivity index (χ1) is 12.0. The molecule has 0 heterocycles. The molecule has 1 N–H and O–H groups in total. The average molecular weight is 355 g/mol. The minimum atomic E-state index is -0.985. The predicted molar refractivity (Wildman–Crippen MR) is 98.9 cm³/mol. The first-order valence-corrected chi connectivity index (χ1v) is 9.21. The Balaban J connectivity index is 4.03.